The Hall–Kier alpha value is -2.02. The van der Waals surface area contributed by atoms with Crippen LogP contribution in [0.4, 0.5) is 0 Å². The van der Waals surface area contributed by atoms with Crippen molar-refractivity contribution in [2.24, 2.45) is 0 Å². The number of benzene rings is 1. The van der Waals surface area contributed by atoms with E-state index >= 15 is 0 Å². The summed E-state index contributed by atoms with van der Waals surface area (Å²) in [4.78, 5) is 37.6. The lowest BCUT2D eigenvalue weighted by atomic mass is 10.1. The SMILES string of the molecule is COC(=O)[C@@H](CCSC)NC(=O)c1ccc(CN2CCCC2=O)cc1. The fourth-order valence-corrected chi connectivity index (χ4v) is 3.19. The molecule has 6 nitrogen and oxygen atoms in total. The molecule has 1 atom stereocenters. The van der Waals surface area contributed by atoms with Gasteiger partial charge in [0.1, 0.15) is 6.04 Å². The third-order valence-corrected chi connectivity index (χ3v) is 4.81. The summed E-state index contributed by atoms with van der Waals surface area (Å²) in [6.45, 7) is 1.36. The first-order valence-electron chi connectivity index (χ1n) is 8.29. The first-order valence-corrected chi connectivity index (χ1v) is 9.69. The van der Waals surface area contributed by atoms with Crippen molar-refractivity contribution in [1.82, 2.24) is 10.2 Å². The Balaban J connectivity index is 1.96. The van der Waals surface area contributed by atoms with E-state index in [9.17, 15) is 14.4 Å². The molecule has 0 aromatic heterocycles. The maximum absolute atomic E-state index is 12.4. The molecule has 1 heterocycles. The van der Waals surface area contributed by atoms with Crippen LogP contribution in [0.15, 0.2) is 24.3 Å². The Morgan fingerprint density at radius 1 is 1.32 bits per heavy atom. The zero-order chi connectivity index (χ0) is 18.2. The van der Waals surface area contributed by atoms with E-state index in [2.05, 4.69) is 5.32 Å². The summed E-state index contributed by atoms with van der Waals surface area (Å²) in [7, 11) is 1.31. The van der Waals surface area contributed by atoms with Crippen LogP contribution in [0.1, 0.15) is 35.2 Å². The summed E-state index contributed by atoms with van der Waals surface area (Å²) in [5, 5.41) is 2.73. The fraction of sp³-hybridized carbons (Fsp3) is 0.500. The largest absolute Gasteiger partial charge is 0.467 e. The van der Waals surface area contributed by atoms with Crippen LogP contribution in [0.25, 0.3) is 0 Å². The van der Waals surface area contributed by atoms with Gasteiger partial charge in [-0.25, -0.2) is 4.79 Å². The molecule has 1 fully saturated rings. The molecule has 1 aliphatic rings. The van der Waals surface area contributed by atoms with Gasteiger partial charge in [0.2, 0.25) is 5.91 Å². The number of likely N-dealkylation sites (tertiary alicyclic amines) is 1. The number of nitrogens with one attached hydrogen (secondary N) is 1. The molecule has 1 aromatic carbocycles. The van der Waals surface area contributed by atoms with Gasteiger partial charge in [-0.05, 0) is 42.5 Å². The predicted octanol–water partition coefficient (Wildman–Crippen LogP) is 1.83. The fourth-order valence-electron chi connectivity index (χ4n) is 2.72. The highest BCUT2D eigenvalue weighted by Crippen LogP contribution is 2.15. The Kier molecular flexibility index (Phi) is 7.31. The van der Waals surface area contributed by atoms with Crippen molar-refractivity contribution >= 4 is 29.5 Å². The van der Waals surface area contributed by atoms with Gasteiger partial charge in [-0.3, -0.25) is 9.59 Å². The molecule has 25 heavy (non-hydrogen) atoms. The lowest BCUT2D eigenvalue weighted by molar-refractivity contribution is -0.142. The molecule has 7 heteroatoms. The summed E-state index contributed by atoms with van der Waals surface area (Å²) in [6.07, 6.45) is 3.99. The monoisotopic (exact) mass is 364 g/mol. The van der Waals surface area contributed by atoms with E-state index in [-0.39, 0.29) is 11.8 Å². The molecule has 2 amide bonds. The van der Waals surface area contributed by atoms with Crippen LogP contribution in [0.3, 0.4) is 0 Å². The molecule has 0 spiro atoms. The predicted molar refractivity (Wildman–Crippen MR) is 97.4 cm³/mol. The molecule has 0 bridgehead atoms. The molecule has 0 aliphatic carbocycles. The van der Waals surface area contributed by atoms with Gasteiger partial charge in [-0.2, -0.15) is 11.8 Å². The van der Waals surface area contributed by atoms with E-state index in [4.69, 9.17) is 4.74 Å². The minimum atomic E-state index is -0.646. The van der Waals surface area contributed by atoms with Crippen LogP contribution in [-0.4, -0.2) is 54.4 Å². The minimum Gasteiger partial charge on any atom is -0.467 e. The second-order valence-electron chi connectivity index (χ2n) is 5.95. The molecule has 0 radical (unpaired) electrons. The lowest BCUT2D eigenvalue weighted by Crippen LogP contribution is -2.41. The topological polar surface area (TPSA) is 75.7 Å². The Bertz CT molecular complexity index is 618. The zero-order valence-corrected chi connectivity index (χ0v) is 15.4. The number of hydrogen-bond acceptors (Lipinski definition) is 5. The second-order valence-corrected chi connectivity index (χ2v) is 6.93. The number of ether oxygens (including phenoxy) is 1. The third-order valence-electron chi connectivity index (χ3n) is 4.16. The van der Waals surface area contributed by atoms with E-state index in [1.54, 1.807) is 23.9 Å². The number of thioether (sulfide) groups is 1. The third kappa shape index (κ3) is 5.49. The van der Waals surface area contributed by atoms with Gasteiger partial charge in [-0.15, -0.1) is 0 Å². The smallest absolute Gasteiger partial charge is 0.328 e. The van der Waals surface area contributed by atoms with E-state index in [1.807, 2.05) is 23.3 Å². The number of hydrogen-bond donors (Lipinski definition) is 1. The zero-order valence-electron chi connectivity index (χ0n) is 14.6. The highest BCUT2D eigenvalue weighted by molar-refractivity contribution is 7.98. The summed E-state index contributed by atoms with van der Waals surface area (Å²) >= 11 is 1.61. The second kappa shape index (κ2) is 9.46. The summed E-state index contributed by atoms with van der Waals surface area (Å²) in [5.41, 5.74) is 1.47. The summed E-state index contributed by atoms with van der Waals surface area (Å²) in [6, 6.07) is 6.47. The molecule has 1 saturated heterocycles. The average molecular weight is 364 g/mol. The highest BCUT2D eigenvalue weighted by Gasteiger charge is 2.22. The van der Waals surface area contributed by atoms with Gasteiger partial charge in [0.25, 0.3) is 5.91 Å². The highest BCUT2D eigenvalue weighted by atomic mass is 32.2. The molecule has 136 valence electrons. The van der Waals surface area contributed by atoms with Crippen molar-refractivity contribution in [1.29, 1.82) is 0 Å². The van der Waals surface area contributed by atoms with Gasteiger partial charge in [0, 0.05) is 25.1 Å². The number of methoxy groups -OCH3 is 1. The van der Waals surface area contributed by atoms with Crippen molar-refractivity contribution in [3.05, 3.63) is 35.4 Å². The van der Waals surface area contributed by atoms with Crippen LogP contribution in [0.5, 0.6) is 0 Å². The Morgan fingerprint density at radius 3 is 2.60 bits per heavy atom. The van der Waals surface area contributed by atoms with Gasteiger partial charge in [-0.1, -0.05) is 12.1 Å². The molecular formula is C18H24N2O4S. The molecular weight excluding hydrogens is 340 g/mol. The number of carbonyl (C=O) groups is 3. The van der Waals surface area contributed by atoms with Gasteiger partial charge in [0.05, 0.1) is 7.11 Å². The molecule has 2 rings (SSSR count). The number of esters is 1. The number of carbonyl (C=O) groups excluding carboxylic acids is 3. The molecule has 1 aromatic rings. The van der Waals surface area contributed by atoms with Crippen molar-refractivity contribution in [2.75, 3.05) is 25.7 Å². The van der Waals surface area contributed by atoms with E-state index in [0.29, 0.717) is 24.9 Å². The Labute approximate surface area is 152 Å². The number of amides is 2. The van der Waals surface area contributed by atoms with Crippen molar-refractivity contribution in [3.63, 3.8) is 0 Å². The Morgan fingerprint density at radius 2 is 2.04 bits per heavy atom. The molecule has 0 unspecified atom stereocenters. The first kappa shape index (κ1) is 19.3. The molecule has 0 saturated carbocycles. The summed E-state index contributed by atoms with van der Waals surface area (Å²) in [5.74, 6) is 0.187. The lowest BCUT2D eigenvalue weighted by Gasteiger charge is -2.17. The van der Waals surface area contributed by atoms with E-state index in [1.165, 1.54) is 7.11 Å². The normalized spacial score (nSPS) is 15.1. The number of nitrogens with zero attached hydrogens (tertiary/aromatic N) is 1. The average Bonchev–Trinajstić information content (AvgIpc) is 3.03. The van der Waals surface area contributed by atoms with Gasteiger partial charge in [0.15, 0.2) is 0 Å². The summed E-state index contributed by atoms with van der Waals surface area (Å²) < 4.78 is 4.75. The van der Waals surface area contributed by atoms with Gasteiger partial charge >= 0.3 is 5.97 Å². The molecule has 1 N–H and O–H groups in total. The van der Waals surface area contributed by atoms with Gasteiger partial charge < -0.3 is 15.0 Å². The van der Waals surface area contributed by atoms with Crippen molar-refractivity contribution in [3.8, 4) is 0 Å². The maximum Gasteiger partial charge on any atom is 0.328 e. The van der Waals surface area contributed by atoms with Crippen LogP contribution in [0.2, 0.25) is 0 Å². The van der Waals surface area contributed by atoms with E-state index < -0.39 is 12.0 Å². The first-order chi connectivity index (χ1) is 12.0. The van der Waals surface area contributed by atoms with E-state index in [0.717, 1.165) is 24.3 Å². The van der Waals surface area contributed by atoms with Crippen LogP contribution in [-0.2, 0) is 20.9 Å². The van der Waals surface area contributed by atoms with Crippen LogP contribution >= 0.6 is 11.8 Å². The maximum atomic E-state index is 12.4. The van der Waals surface area contributed by atoms with Crippen LogP contribution < -0.4 is 5.32 Å². The molecule has 1 aliphatic heterocycles. The van der Waals surface area contributed by atoms with Crippen LogP contribution in [0, 0.1) is 0 Å². The quantitative estimate of drug-likeness (QED) is 0.712. The van der Waals surface area contributed by atoms with Crippen molar-refractivity contribution in [2.45, 2.75) is 31.8 Å². The number of rotatable bonds is 8. The minimum absolute atomic E-state index is 0.177. The van der Waals surface area contributed by atoms with Crippen molar-refractivity contribution < 1.29 is 19.1 Å². The standard InChI is InChI=1S/C18H24N2O4S/c1-24-18(23)15(9-11-25-2)19-17(22)14-7-5-13(6-8-14)12-20-10-3-4-16(20)21/h5-8,15H,3-4,9-12H2,1-2H3,(H,19,22)/t15-/m1/s1.